The maximum atomic E-state index is 13.1. The van der Waals surface area contributed by atoms with Crippen LogP contribution in [0.15, 0.2) is 82.8 Å². The number of carbonyl (C=O) groups is 1. The van der Waals surface area contributed by atoms with Crippen LogP contribution in [0.3, 0.4) is 0 Å². The highest BCUT2D eigenvalue weighted by Gasteiger charge is 2.26. The smallest absolute Gasteiger partial charge is 0.269 e. The molecule has 8 nitrogen and oxygen atoms in total. The lowest BCUT2D eigenvalue weighted by Crippen LogP contribution is -2.28. The highest BCUT2D eigenvalue weighted by atomic mass is 16.6. The van der Waals surface area contributed by atoms with E-state index in [1.54, 1.807) is 29.4 Å². The summed E-state index contributed by atoms with van der Waals surface area (Å²) in [5.41, 5.74) is 5.03. The van der Waals surface area contributed by atoms with Crippen LogP contribution in [0, 0.1) is 6.92 Å². The Hall–Kier alpha value is -4.20. The predicted octanol–water partition coefficient (Wildman–Crippen LogP) is 3.97. The van der Waals surface area contributed by atoms with E-state index in [0.717, 1.165) is 28.1 Å². The minimum absolute atomic E-state index is 0.231. The van der Waals surface area contributed by atoms with Crippen molar-refractivity contribution in [3.8, 4) is 11.3 Å². The monoisotopic (exact) mass is 441 g/mol. The molecule has 0 saturated carbocycles. The Kier molecular flexibility index (Phi) is 5.72. The number of benzene rings is 1. The second kappa shape index (κ2) is 9.12. The van der Waals surface area contributed by atoms with Gasteiger partial charge in [-0.1, -0.05) is 29.4 Å². The van der Waals surface area contributed by atoms with Crippen LogP contribution >= 0.6 is 0 Å². The molecule has 0 bridgehead atoms. The van der Waals surface area contributed by atoms with Gasteiger partial charge in [0.1, 0.15) is 11.5 Å². The van der Waals surface area contributed by atoms with Gasteiger partial charge in [0.25, 0.3) is 5.91 Å². The summed E-state index contributed by atoms with van der Waals surface area (Å²) in [6, 6.07) is 17.2. The number of rotatable bonds is 7. The van der Waals surface area contributed by atoms with Crippen LogP contribution in [0.1, 0.15) is 33.8 Å². The molecule has 1 unspecified atom stereocenters. The largest absolute Gasteiger partial charge is 0.467 e. The van der Waals surface area contributed by atoms with Gasteiger partial charge in [-0.05, 0) is 42.8 Å². The maximum Gasteiger partial charge on any atom is 0.269 e. The zero-order valence-corrected chi connectivity index (χ0v) is 18.1. The lowest BCUT2D eigenvalue weighted by atomic mass is 10.1. The Morgan fingerprint density at radius 3 is 2.88 bits per heavy atom. The molecule has 166 valence electrons. The van der Waals surface area contributed by atoms with E-state index < -0.39 is 0 Å². The standard InChI is InChI=1S/C25H23N5O3/c1-17-6-2-3-9-21(17)23-13-24(25(31)27-15-19-8-5-11-32-19)30(28-23)16-20-12-22(29-33-20)18-7-4-10-26-14-18/h2-11,13-14,20H,12,15-16H2,1H3,(H,27,31). The van der Waals surface area contributed by atoms with Crippen molar-refractivity contribution in [2.24, 2.45) is 5.16 Å². The molecule has 0 spiro atoms. The van der Waals surface area contributed by atoms with Gasteiger partial charge in [0, 0.05) is 29.9 Å². The Bertz CT molecular complexity index is 1280. The molecular weight excluding hydrogens is 418 g/mol. The number of nitrogens with zero attached hydrogens (tertiary/aromatic N) is 4. The van der Waals surface area contributed by atoms with E-state index in [-0.39, 0.29) is 12.0 Å². The number of amides is 1. The number of nitrogens with one attached hydrogen (secondary N) is 1. The summed E-state index contributed by atoms with van der Waals surface area (Å²) < 4.78 is 7.02. The summed E-state index contributed by atoms with van der Waals surface area (Å²) in [7, 11) is 0. The van der Waals surface area contributed by atoms with E-state index in [2.05, 4.69) is 15.5 Å². The Labute approximate surface area is 190 Å². The third-order valence-electron chi connectivity index (χ3n) is 5.54. The van der Waals surface area contributed by atoms with E-state index in [1.807, 2.05) is 55.5 Å². The molecule has 0 aliphatic carbocycles. The average Bonchev–Trinajstić information content (AvgIpc) is 3.60. The number of aromatic nitrogens is 3. The number of hydrogen-bond donors (Lipinski definition) is 1. The van der Waals surface area contributed by atoms with Crippen LogP contribution in [-0.2, 0) is 17.9 Å². The fraction of sp³-hybridized carbons (Fsp3) is 0.200. The SMILES string of the molecule is Cc1ccccc1-c1cc(C(=O)NCc2ccco2)n(CC2CC(c3cccnc3)=NO2)n1. The number of aryl methyl sites for hydroxylation is 1. The van der Waals surface area contributed by atoms with Crippen molar-refractivity contribution in [2.75, 3.05) is 0 Å². The van der Waals surface area contributed by atoms with Gasteiger partial charge >= 0.3 is 0 Å². The average molecular weight is 441 g/mol. The predicted molar refractivity (Wildman–Crippen MR) is 123 cm³/mol. The first-order valence-electron chi connectivity index (χ1n) is 10.7. The van der Waals surface area contributed by atoms with Crippen LogP contribution in [0.2, 0.25) is 0 Å². The molecule has 3 aromatic heterocycles. The topological polar surface area (TPSA) is 94.5 Å². The van der Waals surface area contributed by atoms with Crippen LogP contribution in [0.4, 0.5) is 0 Å². The summed E-state index contributed by atoms with van der Waals surface area (Å²) in [5.74, 6) is 0.451. The first-order chi connectivity index (χ1) is 16.2. The van der Waals surface area contributed by atoms with Crippen molar-refractivity contribution < 1.29 is 14.0 Å². The highest BCUT2D eigenvalue weighted by Crippen LogP contribution is 2.24. The van der Waals surface area contributed by atoms with Gasteiger partial charge in [-0.2, -0.15) is 5.10 Å². The van der Waals surface area contributed by atoms with Crippen LogP contribution in [0.25, 0.3) is 11.3 Å². The molecule has 4 aromatic rings. The minimum atomic E-state index is -0.235. The summed E-state index contributed by atoms with van der Waals surface area (Å²) in [6.07, 6.45) is 5.45. The first kappa shape index (κ1) is 20.7. The van der Waals surface area contributed by atoms with E-state index in [0.29, 0.717) is 31.0 Å². The Morgan fingerprint density at radius 2 is 2.09 bits per heavy atom. The molecule has 0 radical (unpaired) electrons. The second-order valence-corrected chi connectivity index (χ2v) is 7.89. The first-order valence-corrected chi connectivity index (χ1v) is 10.7. The molecular formula is C25H23N5O3. The van der Waals surface area contributed by atoms with Gasteiger partial charge in [-0.15, -0.1) is 0 Å². The van der Waals surface area contributed by atoms with Crippen LogP contribution in [-0.4, -0.2) is 32.5 Å². The highest BCUT2D eigenvalue weighted by molar-refractivity contribution is 6.01. The molecule has 0 fully saturated rings. The van der Waals surface area contributed by atoms with E-state index in [4.69, 9.17) is 14.4 Å². The van der Waals surface area contributed by atoms with Crippen molar-refractivity contribution in [3.05, 3.63) is 95.8 Å². The summed E-state index contributed by atoms with van der Waals surface area (Å²) in [4.78, 5) is 22.9. The summed E-state index contributed by atoms with van der Waals surface area (Å²) >= 11 is 0. The van der Waals surface area contributed by atoms with Crippen LogP contribution < -0.4 is 5.32 Å². The molecule has 0 saturated heterocycles. The van der Waals surface area contributed by atoms with Crippen molar-refractivity contribution >= 4 is 11.6 Å². The number of hydrogen-bond acceptors (Lipinski definition) is 6. The number of carbonyl (C=O) groups excluding carboxylic acids is 1. The van der Waals surface area contributed by atoms with E-state index >= 15 is 0 Å². The van der Waals surface area contributed by atoms with Gasteiger partial charge in [0.15, 0.2) is 6.10 Å². The number of pyridine rings is 1. The summed E-state index contributed by atoms with van der Waals surface area (Å²) in [6.45, 7) is 2.71. The van der Waals surface area contributed by atoms with Gasteiger partial charge in [0.2, 0.25) is 0 Å². The third kappa shape index (κ3) is 4.55. The number of oxime groups is 1. The molecule has 1 N–H and O–H groups in total. The molecule has 5 rings (SSSR count). The van der Waals surface area contributed by atoms with Gasteiger partial charge in [0.05, 0.1) is 30.8 Å². The lowest BCUT2D eigenvalue weighted by molar-refractivity contribution is 0.0681. The van der Waals surface area contributed by atoms with Gasteiger partial charge in [-0.3, -0.25) is 14.5 Å². The van der Waals surface area contributed by atoms with Crippen molar-refractivity contribution in [3.63, 3.8) is 0 Å². The van der Waals surface area contributed by atoms with Crippen molar-refractivity contribution in [2.45, 2.75) is 32.5 Å². The molecule has 33 heavy (non-hydrogen) atoms. The maximum absolute atomic E-state index is 13.1. The molecule has 4 heterocycles. The van der Waals surface area contributed by atoms with Crippen molar-refractivity contribution in [1.82, 2.24) is 20.1 Å². The summed E-state index contributed by atoms with van der Waals surface area (Å²) in [5, 5.41) is 11.9. The van der Waals surface area contributed by atoms with Crippen LogP contribution in [0.5, 0.6) is 0 Å². The zero-order chi connectivity index (χ0) is 22.6. The molecule has 1 atom stereocenters. The van der Waals surface area contributed by atoms with Crippen molar-refractivity contribution in [1.29, 1.82) is 0 Å². The molecule has 1 aromatic carbocycles. The van der Waals surface area contributed by atoms with Gasteiger partial charge < -0.3 is 14.6 Å². The molecule has 1 aliphatic heterocycles. The van der Waals surface area contributed by atoms with E-state index in [1.165, 1.54) is 0 Å². The van der Waals surface area contributed by atoms with E-state index in [9.17, 15) is 4.79 Å². The minimum Gasteiger partial charge on any atom is -0.467 e. The Balaban J connectivity index is 1.38. The quantitative estimate of drug-likeness (QED) is 0.468. The fourth-order valence-electron chi connectivity index (χ4n) is 3.82. The number of furan rings is 1. The normalized spacial score (nSPS) is 15.2. The molecule has 8 heteroatoms. The third-order valence-corrected chi connectivity index (χ3v) is 5.54. The fourth-order valence-corrected chi connectivity index (χ4v) is 3.82. The molecule has 1 aliphatic rings. The Morgan fingerprint density at radius 1 is 1.18 bits per heavy atom. The van der Waals surface area contributed by atoms with Gasteiger partial charge in [-0.25, -0.2) is 0 Å². The zero-order valence-electron chi connectivity index (χ0n) is 18.1. The molecule has 1 amide bonds. The lowest BCUT2D eigenvalue weighted by Gasteiger charge is -2.11. The second-order valence-electron chi connectivity index (χ2n) is 7.89.